The Balaban J connectivity index is 1.87. The molecule has 0 aromatic heterocycles. The molecule has 0 spiro atoms. The highest BCUT2D eigenvalue weighted by Gasteiger charge is 2.34. The van der Waals surface area contributed by atoms with Crippen LogP contribution in [0.5, 0.6) is 0 Å². The van der Waals surface area contributed by atoms with Crippen LogP contribution in [0.3, 0.4) is 0 Å². The Hall–Kier alpha value is -1.32. The first-order chi connectivity index (χ1) is 12.6. The Morgan fingerprint density at radius 1 is 0.962 bits per heavy atom. The van der Waals surface area contributed by atoms with Gasteiger partial charge in [-0.2, -0.15) is 0 Å². The van der Waals surface area contributed by atoms with Gasteiger partial charge >= 0.3 is 5.97 Å². The van der Waals surface area contributed by atoms with Gasteiger partial charge in [0.2, 0.25) is 5.91 Å². The molecule has 150 valence electrons. The summed E-state index contributed by atoms with van der Waals surface area (Å²) in [6, 6.07) is 0. The molecule has 2 unspecified atom stereocenters. The van der Waals surface area contributed by atoms with Gasteiger partial charge in [-0.25, -0.2) is 4.79 Å². The number of carbonyl (C=O) groups excluding carboxylic acids is 2. The van der Waals surface area contributed by atoms with Crippen LogP contribution in [0.1, 0.15) is 90.4 Å². The molecule has 1 N–H and O–H groups in total. The van der Waals surface area contributed by atoms with Gasteiger partial charge in [-0.15, -0.1) is 0 Å². The number of ether oxygens (including phenoxy) is 1. The third-order valence-corrected chi connectivity index (χ3v) is 5.45. The highest BCUT2D eigenvalue weighted by molar-refractivity contribution is 5.89. The monoisotopic (exact) mass is 365 g/mol. The zero-order chi connectivity index (χ0) is 19.2. The van der Waals surface area contributed by atoms with Crippen LogP contribution in [0.2, 0.25) is 0 Å². The van der Waals surface area contributed by atoms with Gasteiger partial charge < -0.3 is 10.1 Å². The Morgan fingerprint density at radius 2 is 1.54 bits per heavy atom. The minimum Gasteiger partial charge on any atom is -0.466 e. The second kappa shape index (κ2) is 13.8. The highest BCUT2D eigenvalue weighted by atomic mass is 16.5. The number of nitrogens with one attached hydrogen (secondary N) is 1. The molecule has 1 rings (SSSR count). The second-order valence-electron chi connectivity index (χ2n) is 7.78. The third kappa shape index (κ3) is 10.6. The third-order valence-electron chi connectivity index (χ3n) is 5.45. The van der Waals surface area contributed by atoms with E-state index in [0.717, 1.165) is 24.7 Å². The zero-order valence-corrected chi connectivity index (χ0v) is 17.0. The first-order valence-electron chi connectivity index (χ1n) is 10.6. The maximum absolute atomic E-state index is 11.7. The molecule has 2 atom stereocenters. The van der Waals surface area contributed by atoms with E-state index in [1.165, 1.54) is 71.3 Å². The molecule has 0 bridgehead atoms. The van der Waals surface area contributed by atoms with E-state index in [4.69, 9.17) is 0 Å². The van der Waals surface area contributed by atoms with Crippen LogP contribution in [-0.2, 0) is 14.3 Å². The van der Waals surface area contributed by atoms with Gasteiger partial charge in [0.1, 0.15) is 0 Å². The van der Waals surface area contributed by atoms with Gasteiger partial charge in [0.05, 0.1) is 7.11 Å². The molecule has 1 aliphatic rings. The van der Waals surface area contributed by atoms with Crippen LogP contribution >= 0.6 is 0 Å². The summed E-state index contributed by atoms with van der Waals surface area (Å²) >= 11 is 0. The average Bonchev–Trinajstić information content (AvgIpc) is 3.39. The maximum Gasteiger partial charge on any atom is 0.334 e. The van der Waals surface area contributed by atoms with E-state index in [1.807, 2.05) is 0 Å². The van der Waals surface area contributed by atoms with Gasteiger partial charge in [-0.3, -0.25) is 4.79 Å². The first kappa shape index (κ1) is 22.7. The van der Waals surface area contributed by atoms with Crippen molar-refractivity contribution in [3.63, 3.8) is 0 Å². The van der Waals surface area contributed by atoms with Crippen LogP contribution in [0, 0.1) is 11.8 Å². The van der Waals surface area contributed by atoms with E-state index in [0.29, 0.717) is 6.42 Å². The Labute approximate surface area is 160 Å². The summed E-state index contributed by atoms with van der Waals surface area (Å²) < 4.78 is 4.55. The standard InChI is InChI=1S/C22H39NO3/c1-4-5-6-7-10-13-19-16-20(19)14-11-8-9-12-15-21(24)23-17-18(2)22(25)26-3/h19-20H,2,4-17H2,1,3H3,(H,23,24). The average molecular weight is 366 g/mol. The molecule has 4 nitrogen and oxygen atoms in total. The quantitative estimate of drug-likeness (QED) is 0.233. The Morgan fingerprint density at radius 3 is 2.12 bits per heavy atom. The number of rotatable bonds is 16. The summed E-state index contributed by atoms with van der Waals surface area (Å²) in [5.41, 5.74) is 0.283. The lowest BCUT2D eigenvalue weighted by atomic mass is 10.0. The molecule has 0 heterocycles. The summed E-state index contributed by atoms with van der Waals surface area (Å²) in [7, 11) is 1.31. The molecule has 26 heavy (non-hydrogen) atoms. The molecular formula is C22H39NO3. The predicted octanol–water partition coefficient (Wildman–Crippen LogP) is 5.17. The fourth-order valence-corrected chi connectivity index (χ4v) is 3.58. The van der Waals surface area contributed by atoms with Crippen molar-refractivity contribution in [3.05, 3.63) is 12.2 Å². The molecule has 1 amide bonds. The Kier molecular flexibility index (Phi) is 12.1. The van der Waals surface area contributed by atoms with Crippen molar-refractivity contribution in [1.29, 1.82) is 0 Å². The molecule has 0 aromatic carbocycles. The van der Waals surface area contributed by atoms with Gasteiger partial charge in [-0.05, 0) is 24.7 Å². The number of hydrogen-bond acceptors (Lipinski definition) is 3. The fourth-order valence-electron chi connectivity index (χ4n) is 3.58. The lowest BCUT2D eigenvalue weighted by molar-refractivity contribution is -0.136. The number of amides is 1. The summed E-state index contributed by atoms with van der Waals surface area (Å²) in [5, 5.41) is 2.72. The minimum absolute atomic E-state index is 0.0135. The minimum atomic E-state index is -0.468. The highest BCUT2D eigenvalue weighted by Crippen LogP contribution is 2.45. The smallest absolute Gasteiger partial charge is 0.334 e. The van der Waals surface area contributed by atoms with Crippen molar-refractivity contribution in [2.75, 3.05) is 13.7 Å². The van der Waals surface area contributed by atoms with Gasteiger partial charge in [0.15, 0.2) is 0 Å². The SMILES string of the molecule is C=C(CNC(=O)CCCCCCC1CC1CCCCCCC)C(=O)OC. The van der Waals surface area contributed by atoms with Crippen LogP contribution in [-0.4, -0.2) is 25.5 Å². The van der Waals surface area contributed by atoms with E-state index in [9.17, 15) is 9.59 Å². The number of esters is 1. The molecule has 0 aromatic rings. The van der Waals surface area contributed by atoms with Crippen molar-refractivity contribution in [1.82, 2.24) is 5.32 Å². The molecule has 0 radical (unpaired) electrons. The van der Waals surface area contributed by atoms with E-state index in [1.54, 1.807) is 0 Å². The summed E-state index contributed by atoms with van der Waals surface area (Å²) in [5.74, 6) is 1.53. The molecule has 0 saturated heterocycles. The summed E-state index contributed by atoms with van der Waals surface area (Å²) in [6.07, 6.45) is 16.4. The van der Waals surface area contributed by atoms with E-state index >= 15 is 0 Å². The lowest BCUT2D eigenvalue weighted by Crippen LogP contribution is -2.27. The van der Waals surface area contributed by atoms with Crippen LogP contribution in [0.25, 0.3) is 0 Å². The fraction of sp³-hybridized carbons (Fsp3) is 0.818. The number of hydrogen-bond donors (Lipinski definition) is 1. The summed E-state index contributed by atoms with van der Waals surface area (Å²) in [4.78, 5) is 22.9. The van der Waals surface area contributed by atoms with Crippen molar-refractivity contribution >= 4 is 11.9 Å². The summed E-state index contributed by atoms with van der Waals surface area (Å²) in [6.45, 7) is 6.03. The van der Waals surface area contributed by atoms with Gasteiger partial charge in [0.25, 0.3) is 0 Å². The van der Waals surface area contributed by atoms with E-state index in [2.05, 4.69) is 23.6 Å². The largest absolute Gasteiger partial charge is 0.466 e. The number of unbranched alkanes of at least 4 members (excludes halogenated alkanes) is 7. The molecule has 1 fully saturated rings. The molecule has 1 aliphatic carbocycles. The predicted molar refractivity (Wildman–Crippen MR) is 107 cm³/mol. The van der Waals surface area contributed by atoms with Crippen molar-refractivity contribution in [2.24, 2.45) is 11.8 Å². The number of carbonyl (C=O) groups is 2. The molecular weight excluding hydrogens is 326 g/mol. The van der Waals surface area contributed by atoms with Crippen LogP contribution in [0.15, 0.2) is 12.2 Å². The molecule has 0 aliphatic heterocycles. The van der Waals surface area contributed by atoms with E-state index < -0.39 is 5.97 Å². The van der Waals surface area contributed by atoms with Crippen molar-refractivity contribution in [3.8, 4) is 0 Å². The van der Waals surface area contributed by atoms with Crippen molar-refractivity contribution in [2.45, 2.75) is 90.4 Å². The lowest BCUT2D eigenvalue weighted by Gasteiger charge is -2.06. The Bertz CT molecular complexity index is 433. The first-order valence-corrected chi connectivity index (χ1v) is 10.6. The second-order valence-corrected chi connectivity index (χ2v) is 7.78. The molecule has 4 heteroatoms. The zero-order valence-electron chi connectivity index (χ0n) is 17.0. The molecule has 1 saturated carbocycles. The van der Waals surface area contributed by atoms with Crippen molar-refractivity contribution < 1.29 is 14.3 Å². The van der Waals surface area contributed by atoms with Crippen LogP contribution < -0.4 is 5.32 Å². The normalized spacial score (nSPS) is 18.4. The van der Waals surface area contributed by atoms with Gasteiger partial charge in [-0.1, -0.05) is 77.7 Å². The number of methoxy groups -OCH3 is 1. The topological polar surface area (TPSA) is 55.4 Å². The van der Waals surface area contributed by atoms with Gasteiger partial charge in [0, 0.05) is 18.5 Å². The van der Waals surface area contributed by atoms with E-state index in [-0.39, 0.29) is 18.0 Å². The maximum atomic E-state index is 11.7. The van der Waals surface area contributed by atoms with Crippen LogP contribution in [0.4, 0.5) is 0 Å².